The second-order valence-electron chi connectivity index (χ2n) is 9.56. The second kappa shape index (κ2) is 9.38. The van der Waals surface area contributed by atoms with E-state index in [4.69, 9.17) is 5.73 Å². The third-order valence-corrected chi connectivity index (χ3v) is 8.04. The van der Waals surface area contributed by atoms with Crippen LogP contribution in [0, 0.1) is 11.8 Å². The van der Waals surface area contributed by atoms with Crippen molar-refractivity contribution in [3.8, 4) is 11.3 Å². The Hall–Kier alpha value is -2.91. The highest BCUT2D eigenvalue weighted by Gasteiger charge is 2.33. The molecule has 0 aliphatic heterocycles. The molecule has 9 heteroatoms. The fourth-order valence-electron chi connectivity index (χ4n) is 4.13. The number of anilines is 2. The molecule has 0 amide bonds. The van der Waals surface area contributed by atoms with Crippen LogP contribution >= 0.6 is 0 Å². The summed E-state index contributed by atoms with van der Waals surface area (Å²) in [6.45, 7) is 5.18. The molecule has 2 aromatic heterocycles. The Labute approximate surface area is 202 Å². The van der Waals surface area contributed by atoms with Crippen LogP contribution in [0.5, 0.6) is 0 Å². The van der Waals surface area contributed by atoms with Crippen molar-refractivity contribution in [3.05, 3.63) is 60.0 Å². The third-order valence-electron chi connectivity index (χ3n) is 6.85. The number of nitrogens with two attached hydrogens (primary N) is 1. The molecule has 0 bridgehead atoms. The summed E-state index contributed by atoms with van der Waals surface area (Å²) in [5.41, 5.74) is 9.17. The summed E-state index contributed by atoms with van der Waals surface area (Å²) in [6.07, 6.45) is 4.16. The van der Waals surface area contributed by atoms with Crippen molar-refractivity contribution in [1.29, 1.82) is 0 Å². The van der Waals surface area contributed by atoms with Crippen LogP contribution in [-0.4, -0.2) is 50.3 Å². The molecule has 1 aromatic carbocycles. The van der Waals surface area contributed by atoms with Crippen LogP contribution in [0.2, 0.25) is 0 Å². The lowest BCUT2D eigenvalue weighted by atomic mass is 9.95. The topological polar surface area (TPSA) is 108 Å². The van der Waals surface area contributed by atoms with E-state index in [0.29, 0.717) is 17.7 Å². The molecule has 0 saturated heterocycles. The zero-order valence-corrected chi connectivity index (χ0v) is 21.2. The third kappa shape index (κ3) is 5.26. The molecule has 4 atom stereocenters. The Bertz CT molecular complexity index is 1240. The van der Waals surface area contributed by atoms with Gasteiger partial charge in [-0.1, -0.05) is 44.2 Å². The van der Waals surface area contributed by atoms with Crippen LogP contribution in [-0.2, 0) is 10.0 Å². The molecule has 8 nitrogen and oxygen atoms in total. The second-order valence-corrected chi connectivity index (χ2v) is 11.6. The first-order chi connectivity index (χ1) is 16.0. The number of aromatic nitrogens is 3. The highest BCUT2D eigenvalue weighted by molar-refractivity contribution is 7.92. The maximum Gasteiger partial charge on any atom is 0.233 e. The van der Waals surface area contributed by atoms with Gasteiger partial charge in [0.2, 0.25) is 10.0 Å². The van der Waals surface area contributed by atoms with Crippen molar-refractivity contribution in [2.75, 3.05) is 36.1 Å². The first kappa shape index (κ1) is 24.2. The van der Waals surface area contributed by atoms with E-state index in [0.717, 1.165) is 35.0 Å². The Kier molecular flexibility index (Phi) is 6.69. The van der Waals surface area contributed by atoms with Gasteiger partial charge < -0.3 is 15.6 Å². The van der Waals surface area contributed by atoms with Gasteiger partial charge in [0, 0.05) is 38.2 Å². The molecule has 1 saturated carbocycles. The van der Waals surface area contributed by atoms with Crippen LogP contribution in [0.25, 0.3) is 11.3 Å². The molecule has 4 rings (SSSR count). The van der Waals surface area contributed by atoms with Gasteiger partial charge in [0.15, 0.2) is 0 Å². The lowest BCUT2D eigenvalue weighted by Crippen LogP contribution is -2.27. The minimum absolute atomic E-state index is 0.0327. The van der Waals surface area contributed by atoms with E-state index in [1.165, 1.54) is 24.0 Å². The van der Waals surface area contributed by atoms with Crippen LogP contribution < -0.4 is 14.9 Å². The average molecular weight is 483 g/mol. The number of sulfonamides is 1. The molecule has 1 fully saturated rings. The van der Waals surface area contributed by atoms with E-state index in [2.05, 4.69) is 26.8 Å². The summed E-state index contributed by atoms with van der Waals surface area (Å²) in [4.78, 5) is 14.8. The van der Waals surface area contributed by atoms with Crippen molar-refractivity contribution in [3.63, 3.8) is 0 Å². The number of hydrogen-bond donors (Lipinski definition) is 2. The summed E-state index contributed by atoms with van der Waals surface area (Å²) in [5, 5.41) is 0. The maximum absolute atomic E-state index is 12.2. The van der Waals surface area contributed by atoms with Gasteiger partial charge in [0.25, 0.3) is 0 Å². The summed E-state index contributed by atoms with van der Waals surface area (Å²) >= 11 is 0. The molecule has 0 spiro atoms. The molecule has 2 heterocycles. The van der Waals surface area contributed by atoms with Crippen LogP contribution in [0.3, 0.4) is 0 Å². The number of rotatable bonds is 9. The van der Waals surface area contributed by atoms with Crippen molar-refractivity contribution in [2.45, 2.75) is 32.2 Å². The molecule has 1 aliphatic rings. The average Bonchev–Trinajstić information content (AvgIpc) is 3.30. The highest BCUT2D eigenvalue weighted by Crippen LogP contribution is 2.39. The SMILES string of the molecule is CC1CC1CN(C)c1cc(-c2cnc([C@H](C)C(N)c3ccccc3)[nH]2)cc(N(C)S(C)(=O)=O)n1. The van der Waals surface area contributed by atoms with Gasteiger partial charge in [-0.05, 0) is 36.0 Å². The van der Waals surface area contributed by atoms with E-state index in [1.54, 1.807) is 12.3 Å². The molecule has 3 aromatic rings. The minimum atomic E-state index is -3.46. The van der Waals surface area contributed by atoms with E-state index in [-0.39, 0.29) is 12.0 Å². The molecule has 3 N–H and O–H groups in total. The van der Waals surface area contributed by atoms with Crippen molar-refractivity contribution >= 4 is 21.7 Å². The molecule has 3 unspecified atom stereocenters. The summed E-state index contributed by atoms with van der Waals surface area (Å²) in [5.74, 6) is 3.21. The smallest absolute Gasteiger partial charge is 0.233 e. The zero-order chi connectivity index (χ0) is 24.6. The fraction of sp³-hybridized carbons (Fsp3) is 0.440. The van der Waals surface area contributed by atoms with Gasteiger partial charge in [-0.2, -0.15) is 0 Å². The Morgan fingerprint density at radius 2 is 1.82 bits per heavy atom. The number of H-pyrrole nitrogens is 1. The van der Waals surface area contributed by atoms with E-state index < -0.39 is 10.0 Å². The monoisotopic (exact) mass is 482 g/mol. The number of aromatic amines is 1. The van der Waals surface area contributed by atoms with Crippen molar-refractivity contribution in [2.24, 2.45) is 17.6 Å². The predicted molar refractivity (Wildman–Crippen MR) is 137 cm³/mol. The van der Waals surface area contributed by atoms with Crippen molar-refractivity contribution < 1.29 is 8.42 Å². The minimum Gasteiger partial charge on any atom is -0.359 e. The van der Waals surface area contributed by atoms with E-state index in [9.17, 15) is 8.42 Å². The standard InChI is InChI=1S/C25H34N6O2S/c1-16-11-20(16)15-30(3)22-12-19(13-23(29-22)31(4)34(5,32)33)21-14-27-25(28-21)17(2)24(26)18-9-7-6-8-10-18/h6-10,12-14,16-17,20,24H,11,15,26H2,1-5H3,(H,27,28)/t16?,17-,20?,24?/m1/s1. The molecule has 1 aliphatic carbocycles. The molecule has 0 radical (unpaired) electrons. The van der Waals surface area contributed by atoms with Gasteiger partial charge >= 0.3 is 0 Å². The quantitative estimate of drug-likeness (QED) is 0.481. The normalized spacial score (nSPS) is 19.5. The number of nitrogens with zero attached hydrogens (tertiary/aromatic N) is 4. The highest BCUT2D eigenvalue weighted by atomic mass is 32.2. The zero-order valence-electron chi connectivity index (χ0n) is 20.4. The first-order valence-electron chi connectivity index (χ1n) is 11.6. The number of pyridine rings is 1. The summed E-state index contributed by atoms with van der Waals surface area (Å²) in [6, 6.07) is 13.5. The molecule has 182 valence electrons. The van der Waals surface area contributed by atoms with Gasteiger partial charge in [-0.25, -0.2) is 18.4 Å². The molecular formula is C25H34N6O2S. The Balaban J connectivity index is 1.66. The van der Waals surface area contributed by atoms with Gasteiger partial charge in [-0.3, -0.25) is 4.31 Å². The van der Waals surface area contributed by atoms with E-state index in [1.807, 2.05) is 50.4 Å². The lowest BCUT2D eigenvalue weighted by molar-refractivity contribution is 0.573. The number of nitrogens with one attached hydrogen (secondary N) is 1. The van der Waals surface area contributed by atoms with Gasteiger partial charge in [-0.15, -0.1) is 0 Å². The largest absolute Gasteiger partial charge is 0.359 e. The Morgan fingerprint density at radius 3 is 2.44 bits per heavy atom. The van der Waals surface area contributed by atoms with Crippen LogP contribution in [0.4, 0.5) is 11.6 Å². The van der Waals surface area contributed by atoms with Crippen LogP contribution in [0.15, 0.2) is 48.7 Å². The van der Waals surface area contributed by atoms with Gasteiger partial charge in [0.1, 0.15) is 17.5 Å². The van der Waals surface area contributed by atoms with Gasteiger partial charge in [0.05, 0.1) is 18.1 Å². The summed E-state index contributed by atoms with van der Waals surface area (Å²) < 4.78 is 25.7. The van der Waals surface area contributed by atoms with Crippen LogP contribution in [0.1, 0.15) is 43.6 Å². The molecule has 34 heavy (non-hydrogen) atoms. The molecular weight excluding hydrogens is 448 g/mol. The number of benzene rings is 1. The predicted octanol–water partition coefficient (Wildman–Crippen LogP) is 3.76. The Morgan fingerprint density at radius 1 is 1.18 bits per heavy atom. The fourth-order valence-corrected chi connectivity index (χ4v) is 4.56. The first-order valence-corrected chi connectivity index (χ1v) is 13.4. The maximum atomic E-state index is 12.2. The summed E-state index contributed by atoms with van der Waals surface area (Å²) in [7, 11) is 0.0652. The van der Waals surface area contributed by atoms with Crippen molar-refractivity contribution in [1.82, 2.24) is 15.0 Å². The van der Waals surface area contributed by atoms with E-state index >= 15 is 0 Å². The lowest BCUT2D eigenvalue weighted by Gasteiger charge is -2.23. The number of imidazole rings is 1. The number of hydrogen-bond acceptors (Lipinski definition) is 6.